The summed E-state index contributed by atoms with van der Waals surface area (Å²) in [6.45, 7) is 3.85. The van der Waals surface area contributed by atoms with Crippen LogP contribution in [-0.2, 0) is 0 Å². The molecule has 0 saturated carbocycles. The van der Waals surface area contributed by atoms with E-state index in [0.29, 0.717) is 11.1 Å². The van der Waals surface area contributed by atoms with Crippen molar-refractivity contribution in [1.29, 1.82) is 0 Å². The standard InChI is InChI=1S/C15H12BrFO/c1-9-6-7-11(10(2)8-9)15(18)12-4-3-5-13(17)14(12)16/h3-8H,1-2H3. The number of carbonyl (C=O) groups is 1. The third-order valence-electron chi connectivity index (χ3n) is 2.82. The minimum Gasteiger partial charge on any atom is -0.289 e. The zero-order valence-corrected chi connectivity index (χ0v) is 11.7. The number of hydrogen-bond acceptors (Lipinski definition) is 1. The lowest BCUT2D eigenvalue weighted by Gasteiger charge is -2.08. The summed E-state index contributed by atoms with van der Waals surface area (Å²) in [5, 5.41) is 0. The highest BCUT2D eigenvalue weighted by molar-refractivity contribution is 9.10. The Labute approximate surface area is 114 Å². The van der Waals surface area contributed by atoms with Gasteiger partial charge in [0, 0.05) is 11.1 Å². The van der Waals surface area contributed by atoms with Crippen molar-refractivity contribution >= 4 is 21.7 Å². The number of benzene rings is 2. The molecule has 0 fully saturated rings. The number of hydrogen-bond donors (Lipinski definition) is 0. The SMILES string of the molecule is Cc1ccc(C(=O)c2cccc(F)c2Br)c(C)c1. The molecular formula is C15H12BrFO. The van der Waals surface area contributed by atoms with Gasteiger partial charge in [-0.2, -0.15) is 0 Å². The molecule has 0 aliphatic carbocycles. The molecule has 0 N–H and O–H groups in total. The van der Waals surface area contributed by atoms with Gasteiger partial charge in [0.15, 0.2) is 5.78 Å². The molecule has 2 rings (SSSR count). The zero-order chi connectivity index (χ0) is 13.3. The molecular weight excluding hydrogens is 295 g/mol. The molecule has 2 aromatic carbocycles. The average molecular weight is 307 g/mol. The van der Waals surface area contributed by atoms with Crippen LogP contribution >= 0.6 is 15.9 Å². The van der Waals surface area contributed by atoms with Crippen molar-refractivity contribution in [3.8, 4) is 0 Å². The number of ketones is 1. The first-order valence-electron chi connectivity index (χ1n) is 5.56. The minimum absolute atomic E-state index is 0.168. The molecule has 0 spiro atoms. The Morgan fingerprint density at radius 1 is 1.11 bits per heavy atom. The van der Waals surface area contributed by atoms with Crippen molar-refractivity contribution in [3.05, 3.63) is 68.9 Å². The normalized spacial score (nSPS) is 10.4. The van der Waals surface area contributed by atoms with Crippen molar-refractivity contribution < 1.29 is 9.18 Å². The monoisotopic (exact) mass is 306 g/mol. The Kier molecular flexibility index (Phi) is 3.62. The molecule has 0 aliphatic heterocycles. The molecule has 1 nitrogen and oxygen atoms in total. The van der Waals surface area contributed by atoms with Crippen molar-refractivity contribution in [2.75, 3.05) is 0 Å². The Balaban J connectivity index is 2.51. The summed E-state index contributed by atoms with van der Waals surface area (Å²) in [6, 6.07) is 10.1. The van der Waals surface area contributed by atoms with E-state index < -0.39 is 5.82 Å². The van der Waals surface area contributed by atoms with E-state index in [9.17, 15) is 9.18 Å². The van der Waals surface area contributed by atoms with Crippen LogP contribution in [0.25, 0.3) is 0 Å². The second kappa shape index (κ2) is 5.02. The second-order valence-corrected chi connectivity index (χ2v) is 5.04. The average Bonchev–Trinajstić information content (AvgIpc) is 2.32. The number of aryl methyl sites for hydroxylation is 2. The van der Waals surface area contributed by atoms with Crippen LogP contribution in [0.15, 0.2) is 40.9 Å². The third kappa shape index (κ3) is 2.36. The largest absolute Gasteiger partial charge is 0.289 e. The molecule has 0 bridgehead atoms. The van der Waals surface area contributed by atoms with Crippen LogP contribution in [0.5, 0.6) is 0 Å². The Hall–Kier alpha value is -1.48. The van der Waals surface area contributed by atoms with Crippen LogP contribution in [0.1, 0.15) is 27.0 Å². The van der Waals surface area contributed by atoms with Crippen molar-refractivity contribution in [2.45, 2.75) is 13.8 Å². The zero-order valence-electron chi connectivity index (χ0n) is 10.1. The van der Waals surface area contributed by atoms with Gasteiger partial charge in [0.2, 0.25) is 0 Å². The maximum absolute atomic E-state index is 13.4. The second-order valence-electron chi connectivity index (χ2n) is 4.25. The van der Waals surface area contributed by atoms with E-state index in [2.05, 4.69) is 15.9 Å². The lowest BCUT2D eigenvalue weighted by atomic mass is 9.97. The fraction of sp³-hybridized carbons (Fsp3) is 0.133. The van der Waals surface area contributed by atoms with E-state index in [1.54, 1.807) is 12.1 Å². The highest BCUT2D eigenvalue weighted by Crippen LogP contribution is 2.24. The predicted octanol–water partition coefficient (Wildman–Crippen LogP) is 4.44. The van der Waals surface area contributed by atoms with Crippen LogP contribution in [-0.4, -0.2) is 5.78 Å². The Morgan fingerprint density at radius 3 is 2.50 bits per heavy atom. The Bertz CT molecular complexity index is 620. The smallest absolute Gasteiger partial charge is 0.194 e. The van der Waals surface area contributed by atoms with Crippen LogP contribution < -0.4 is 0 Å². The molecule has 0 aromatic heterocycles. The summed E-state index contributed by atoms with van der Waals surface area (Å²) in [5.74, 6) is -0.593. The number of rotatable bonds is 2. The van der Waals surface area contributed by atoms with Gasteiger partial charge in [-0.25, -0.2) is 4.39 Å². The van der Waals surface area contributed by atoms with Gasteiger partial charge in [-0.1, -0.05) is 29.8 Å². The van der Waals surface area contributed by atoms with Gasteiger partial charge in [-0.05, 0) is 47.5 Å². The van der Waals surface area contributed by atoms with Gasteiger partial charge >= 0.3 is 0 Å². The Morgan fingerprint density at radius 2 is 1.83 bits per heavy atom. The summed E-state index contributed by atoms with van der Waals surface area (Å²) in [7, 11) is 0. The predicted molar refractivity (Wildman–Crippen MR) is 73.4 cm³/mol. The lowest BCUT2D eigenvalue weighted by molar-refractivity contribution is 0.103. The third-order valence-corrected chi connectivity index (χ3v) is 3.63. The van der Waals surface area contributed by atoms with Gasteiger partial charge in [0.1, 0.15) is 5.82 Å². The van der Waals surface area contributed by atoms with E-state index in [-0.39, 0.29) is 10.3 Å². The summed E-state index contributed by atoms with van der Waals surface area (Å²) < 4.78 is 13.6. The fourth-order valence-electron chi connectivity index (χ4n) is 1.89. The van der Waals surface area contributed by atoms with Crippen LogP contribution in [0.4, 0.5) is 4.39 Å². The molecule has 0 saturated heterocycles. The minimum atomic E-state index is -0.425. The number of halogens is 2. The van der Waals surface area contributed by atoms with Gasteiger partial charge < -0.3 is 0 Å². The van der Waals surface area contributed by atoms with E-state index in [1.807, 2.05) is 26.0 Å². The van der Waals surface area contributed by atoms with E-state index >= 15 is 0 Å². The van der Waals surface area contributed by atoms with E-state index in [1.165, 1.54) is 12.1 Å². The molecule has 0 heterocycles. The van der Waals surface area contributed by atoms with Crippen molar-refractivity contribution in [3.63, 3.8) is 0 Å². The van der Waals surface area contributed by atoms with Gasteiger partial charge in [-0.3, -0.25) is 4.79 Å². The first kappa shape index (κ1) is 13.0. The summed E-state index contributed by atoms with van der Waals surface area (Å²) in [4.78, 5) is 12.4. The van der Waals surface area contributed by atoms with Crippen LogP contribution in [0.2, 0.25) is 0 Å². The fourth-order valence-corrected chi connectivity index (χ4v) is 2.34. The molecule has 0 amide bonds. The molecule has 3 heteroatoms. The number of carbonyl (C=O) groups excluding carboxylic acids is 1. The summed E-state index contributed by atoms with van der Waals surface area (Å²) in [6.07, 6.45) is 0. The quantitative estimate of drug-likeness (QED) is 0.750. The molecule has 0 atom stereocenters. The topological polar surface area (TPSA) is 17.1 Å². The van der Waals surface area contributed by atoms with Crippen LogP contribution in [0.3, 0.4) is 0 Å². The van der Waals surface area contributed by atoms with Gasteiger partial charge in [-0.15, -0.1) is 0 Å². The molecule has 18 heavy (non-hydrogen) atoms. The van der Waals surface area contributed by atoms with E-state index in [4.69, 9.17) is 0 Å². The molecule has 0 unspecified atom stereocenters. The molecule has 2 aromatic rings. The van der Waals surface area contributed by atoms with E-state index in [0.717, 1.165) is 11.1 Å². The van der Waals surface area contributed by atoms with Gasteiger partial charge in [0.05, 0.1) is 4.47 Å². The maximum Gasteiger partial charge on any atom is 0.194 e. The first-order valence-corrected chi connectivity index (χ1v) is 6.36. The molecule has 92 valence electrons. The molecule has 0 aliphatic rings. The first-order chi connectivity index (χ1) is 8.50. The van der Waals surface area contributed by atoms with Crippen LogP contribution in [0, 0.1) is 19.7 Å². The highest BCUT2D eigenvalue weighted by atomic mass is 79.9. The van der Waals surface area contributed by atoms with Crippen molar-refractivity contribution in [2.24, 2.45) is 0 Å². The summed E-state index contributed by atoms with van der Waals surface area (Å²) in [5.41, 5.74) is 2.95. The summed E-state index contributed by atoms with van der Waals surface area (Å²) >= 11 is 3.12. The molecule has 0 radical (unpaired) electrons. The van der Waals surface area contributed by atoms with Crippen molar-refractivity contribution in [1.82, 2.24) is 0 Å². The maximum atomic E-state index is 13.4. The highest BCUT2D eigenvalue weighted by Gasteiger charge is 2.16. The van der Waals surface area contributed by atoms with Gasteiger partial charge in [0.25, 0.3) is 0 Å². The lowest BCUT2D eigenvalue weighted by Crippen LogP contribution is -2.05.